The first-order valence-corrected chi connectivity index (χ1v) is 6.87. The number of ketones is 1. The largest absolute Gasteiger partial charge is 0.465 e. The van der Waals surface area contributed by atoms with Crippen molar-refractivity contribution in [3.05, 3.63) is 34.9 Å². The summed E-state index contributed by atoms with van der Waals surface area (Å²) >= 11 is 5.76. The van der Waals surface area contributed by atoms with Crippen LogP contribution in [-0.4, -0.2) is 18.4 Å². The Morgan fingerprint density at radius 3 is 2.47 bits per heavy atom. The number of halogens is 1. The van der Waals surface area contributed by atoms with E-state index in [1.54, 1.807) is 31.2 Å². The summed E-state index contributed by atoms with van der Waals surface area (Å²) in [4.78, 5) is 23.6. The molecule has 1 unspecified atom stereocenters. The Kier molecular flexibility index (Phi) is 6.57. The van der Waals surface area contributed by atoms with Crippen molar-refractivity contribution in [3.8, 4) is 0 Å². The van der Waals surface area contributed by atoms with Crippen LogP contribution in [0.25, 0.3) is 0 Å². The molecule has 0 saturated carbocycles. The first-order chi connectivity index (χ1) is 9.04. The molecule has 1 atom stereocenters. The number of carbonyl (C=O) groups is 2. The molecule has 0 amide bonds. The van der Waals surface area contributed by atoms with Crippen molar-refractivity contribution in [2.24, 2.45) is 5.92 Å². The molecule has 0 heterocycles. The van der Waals surface area contributed by atoms with E-state index in [1.807, 2.05) is 6.92 Å². The van der Waals surface area contributed by atoms with Crippen molar-refractivity contribution >= 4 is 23.4 Å². The van der Waals surface area contributed by atoms with Gasteiger partial charge in [-0.3, -0.25) is 9.59 Å². The van der Waals surface area contributed by atoms with Gasteiger partial charge in [0.05, 0.1) is 12.5 Å². The van der Waals surface area contributed by atoms with E-state index in [1.165, 1.54) is 0 Å². The van der Waals surface area contributed by atoms with Crippen LogP contribution in [0.5, 0.6) is 0 Å². The van der Waals surface area contributed by atoms with Crippen molar-refractivity contribution in [2.75, 3.05) is 6.61 Å². The lowest BCUT2D eigenvalue weighted by atomic mass is 10.00. The highest BCUT2D eigenvalue weighted by Gasteiger charge is 2.19. The van der Waals surface area contributed by atoms with Crippen molar-refractivity contribution in [1.82, 2.24) is 0 Å². The molecule has 0 aromatic heterocycles. The second-order valence-electron chi connectivity index (χ2n) is 4.56. The Labute approximate surface area is 118 Å². The summed E-state index contributed by atoms with van der Waals surface area (Å²) in [6.45, 7) is 4.16. The highest BCUT2D eigenvalue weighted by Crippen LogP contribution is 2.14. The number of Topliss-reactive ketones (excluding diaryl/α,β-unsaturated/α-hetero) is 1. The predicted molar refractivity (Wildman–Crippen MR) is 75.4 cm³/mol. The molecular weight excluding hydrogens is 264 g/mol. The average molecular weight is 283 g/mol. The Morgan fingerprint density at radius 1 is 1.26 bits per heavy atom. The van der Waals surface area contributed by atoms with Crippen LogP contribution in [0.1, 0.15) is 43.5 Å². The minimum Gasteiger partial charge on any atom is -0.465 e. The molecule has 4 heteroatoms. The third-order valence-corrected chi connectivity index (χ3v) is 3.05. The zero-order chi connectivity index (χ0) is 14.3. The number of esters is 1. The SMILES string of the molecule is CCCCOC(=O)C(C)CC(=O)c1ccc(Cl)cc1. The van der Waals surface area contributed by atoms with Crippen LogP contribution in [0.15, 0.2) is 24.3 Å². The predicted octanol–water partition coefficient (Wildman–Crippen LogP) is 3.89. The summed E-state index contributed by atoms with van der Waals surface area (Å²) in [7, 11) is 0. The molecule has 0 saturated heterocycles. The fourth-order valence-corrected chi connectivity index (χ4v) is 1.70. The number of ether oxygens (including phenoxy) is 1. The summed E-state index contributed by atoms with van der Waals surface area (Å²) in [5.74, 6) is -0.799. The van der Waals surface area contributed by atoms with E-state index >= 15 is 0 Å². The Bertz CT molecular complexity index is 426. The molecule has 1 aromatic rings. The smallest absolute Gasteiger partial charge is 0.309 e. The van der Waals surface area contributed by atoms with Crippen LogP contribution in [-0.2, 0) is 9.53 Å². The van der Waals surface area contributed by atoms with Crippen molar-refractivity contribution in [3.63, 3.8) is 0 Å². The van der Waals surface area contributed by atoms with Crippen LogP contribution >= 0.6 is 11.6 Å². The van der Waals surface area contributed by atoms with Gasteiger partial charge in [0.15, 0.2) is 5.78 Å². The van der Waals surface area contributed by atoms with Crippen LogP contribution in [0.2, 0.25) is 5.02 Å². The van der Waals surface area contributed by atoms with Gasteiger partial charge in [0.2, 0.25) is 0 Å². The van der Waals surface area contributed by atoms with Gasteiger partial charge in [-0.2, -0.15) is 0 Å². The second kappa shape index (κ2) is 7.95. The van der Waals surface area contributed by atoms with Crippen LogP contribution < -0.4 is 0 Å². The van der Waals surface area contributed by atoms with Crippen LogP contribution in [0, 0.1) is 5.92 Å². The zero-order valence-electron chi connectivity index (χ0n) is 11.3. The molecule has 0 fully saturated rings. The van der Waals surface area contributed by atoms with Gasteiger partial charge < -0.3 is 4.74 Å². The van der Waals surface area contributed by atoms with Gasteiger partial charge in [-0.25, -0.2) is 0 Å². The molecule has 1 rings (SSSR count). The molecular formula is C15H19ClO3. The third-order valence-electron chi connectivity index (χ3n) is 2.80. The standard InChI is InChI=1S/C15H19ClO3/c1-3-4-9-19-15(18)11(2)10-14(17)12-5-7-13(16)8-6-12/h5-8,11H,3-4,9-10H2,1-2H3. The highest BCUT2D eigenvalue weighted by molar-refractivity contribution is 6.30. The lowest BCUT2D eigenvalue weighted by Crippen LogP contribution is -2.19. The first-order valence-electron chi connectivity index (χ1n) is 6.50. The molecule has 0 aliphatic heterocycles. The quantitative estimate of drug-likeness (QED) is 0.433. The monoisotopic (exact) mass is 282 g/mol. The molecule has 1 aromatic carbocycles. The second-order valence-corrected chi connectivity index (χ2v) is 4.99. The lowest BCUT2D eigenvalue weighted by molar-refractivity contribution is -0.147. The third kappa shape index (κ3) is 5.43. The maximum atomic E-state index is 11.9. The normalized spacial score (nSPS) is 11.9. The van der Waals surface area contributed by atoms with Gasteiger partial charge in [0.1, 0.15) is 0 Å². The van der Waals surface area contributed by atoms with Gasteiger partial charge in [-0.15, -0.1) is 0 Å². The Morgan fingerprint density at radius 2 is 1.89 bits per heavy atom. The summed E-state index contributed by atoms with van der Waals surface area (Å²) in [5.41, 5.74) is 0.567. The van der Waals surface area contributed by atoms with E-state index in [9.17, 15) is 9.59 Å². The Balaban J connectivity index is 2.47. The summed E-state index contributed by atoms with van der Waals surface area (Å²) in [6, 6.07) is 6.66. The van der Waals surface area contributed by atoms with Gasteiger partial charge in [-0.05, 0) is 30.7 Å². The summed E-state index contributed by atoms with van der Waals surface area (Å²) < 4.78 is 5.09. The maximum Gasteiger partial charge on any atom is 0.309 e. The number of rotatable bonds is 7. The lowest BCUT2D eigenvalue weighted by Gasteiger charge is -2.10. The van der Waals surface area contributed by atoms with E-state index < -0.39 is 5.92 Å². The molecule has 19 heavy (non-hydrogen) atoms. The first kappa shape index (κ1) is 15.7. The number of hydrogen-bond donors (Lipinski definition) is 0. The van der Waals surface area contributed by atoms with E-state index in [0.29, 0.717) is 17.2 Å². The molecule has 104 valence electrons. The van der Waals surface area contributed by atoms with E-state index in [4.69, 9.17) is 16.3 Å². The highest BCUT2D eigenvalue weighted by atomic mass is 35.5. The minimum atomic E-state index is -0.417. The van der Waals surface area contributed by atoms with Gasteiger partial charge in [0, 0.05) is 17.0 Å². The molecule has 0 radical (unpaired) electrons. The van der Waals surface area contributed by atoms with Gasteiger partial charge >= 0.3 is 5.97 Å². The number of benzene rings is 1. The van der Waals surface area contributed by atoms with Crippen molar-refractivity contribution < 1.29 is 14.3 Å². The van der Waals surface area contributed by atoms with E-state index in [2.05, 4.69) is 0 Å². The average Bonchev–Trinajstić information content (AvgIpc) is 2.39. The van der Waals surface area contributed by atoms with Crippen LogP contribution in [0.3, 0.4) is 0 Å². The number of carbonyl (C=O) groups excluding carboxylic acids is 2. The molecule has 0 bridgehead atoms. The summed E-state index contributed by atoms with van der Waals surface area (Å²) in [6.07, 6.45) is 1.99. The molecule has 0 aliphatic rings. The van der Waals surface area contributed by atoms with Crippen molar-refractivity contribution in [1.29, 1.82) is 0 Å². The van der Waals surface area contributed by atoms with E-state index in [-0.39, 0.29) is 18.2 Å². The molecule has 0 N–H and O–H groups in total. The molecule has 0 aliphatic carbocycles. The van der Waals surface area contributed by atoms with Crippen molar-refractivity contribution in [2.45, 2.75) is 33.1 Å². The topological polar surface area (TPSA) is 43.4 Å². The summed E-state index contributed by atoms with van der Waals surface area (Å²) in [5, 5.41) is 0.587. The Hall–Kier alpha value is -1.35. The minimum absolute atomic E-state index is 0.0726. The fourth-order valence-electron chi connectivity index (χ4n) is 1.57. The van der Waals surface area contributed by atoms with E-state index in [0.717, 1.165) is 12.8 Å². The molecule has 3 nitrogen and oxygen atoms in total. The van der Waals surface area contributed by atoms with Crippen LogP contribution in [0.4, 0.5) is 0 Å². The number of hydrogen-bond acceptors (Lipinski definition) is 3. The fraction of sp³-hybridized carbons (Fsp3) is 0.467. The zero-order valence-corrected chi connectivity index (χ0v) is 12.1. The van der Waals surface area contributed by atoms with Gasteiger partial charge in [-0.1, -0.05) is 31.9 Å². The number of unbranched alkanes of at least 4 members (excludes halogenated alkanes) is 1. The maximum absolute atomic E-state index is 11.9. The van der Waals surface area contributed by atoms with Gasteiger partial charge in [0.25, 0.3) is 0 Å². The molecule has 0 spiro atoms.